The molecule has 0 fully saturated rings. The van der Waals surface area contributed by atoms with Crippen LogP contribution in [0.4, 0.5) is 24.5 Å². The van der Waals surface area contributed by atoms with E-state index in [1.807, 2.05) is 0 Å². The molecule has 0 saturated heterocycles. The molecule has 1 amide bonds. The van der Waals surface area contributed by atoms with E-state index in [2.05, 4.69) is 10.6 Å². The summed E-state index contributed by atoms with van der Waals surface area (Å²) < 4.78 is 36.0. The van der Waals surface area contributed by atoms with Gasteiger partial charge in [0.05, 0.1) is 11.4 Å². The Morgan fingerprint density at radius 1 is 1.24 bits per heavy atom. The number of amides is 1. The highest BCUT2D eigenvalue weighted by Gasteiger charge is 2.26. The minimum Gasteiger partial charge on any atom is -0.387 e. The maximum atomic E-state index is 12.0. The van der Waals surface area contributed by atoms with Crippen molar-refractivity contribution in [1.82, 2.24) is 0 Å². The molecule has 0 aliphatic heterocycles. The Hall–Kier alpha value is -1.76. The summed E-state index contributed by atoms with van der Waals surface area (Å²) in [5.41, 5.74) is 0.336. The first-order valence-corrected chi connectivity index (χ1v) is 4.73. The summed E-state index contributed by atoms with van der Waals surface area (Å²) >= 11 is 0. The zero-order valence-electron chi connectivity index (χ0n) is 8.71. The number of hydrogen-bond donors (Lipinski definition) is 3. The Bertz CT molecular complexity index is 393. The normalized spacial score (nSPS) is 11.1. The molecule has 7 heteroatoms. The van der Waals surface area contributed by atoms with Crippen LogP contribution in [-0.4, -0.2) is 30.3 Å². The zero-order valence-corrected chi connectivity index (χ0v) is 8.71. The first kappa shape index (κ1) is 13.3. The average Bonchev–Trinajstić information content (AvgIpc) is 2.26. The second-order valence-corrected chi connectivity index (χ2v) is 3.22. The fraction of sp³-hybridized carbons (Fsp3) is 0.300. The van der Waals surface area contributed by atoms with Gasteiger partial charge in [0.25, 0.3) is 0 Å². The van der Waals surface area contributed by atoms with Gasteiger partial charge in [-0.1, -0.05) is 12.1 Å². The van der Waals surface area contributed by atoms with Crippen LogP contribution in [0.5, 0.6) is 0 Å². The van der Waals surface area contributed by atoms with Gasteiger partial charge in [-0.25, -0.2) is 0 Å². The summed E-state index contributed by atoms with van der Waals surface area (Å²) in [4.78, 5) is 10.9. The van der Waals surface area contributed by atoms with Gasteiger partial charge in [0.15, 0.2) is 0 Å². The third kappa shape index (κ3) is 4.73. The maximum Gasteiger partial charge on any atom is 0.405 e. The van der Waals surface area contributed by atoms with Gasteiger partial charge < -0.3 is 15.7 Å². The molecule has 1 aromatic rings. The molecule has 0 aromatic heterocycles. The molecule has 0 bridgehead atoms. The molecular weight excluding hydrogens is 237 g/mol. The minimum atomic E-state index is -4.34. The molecule has 0 saturated carbocycles. The SMILES string of the molecule is O=C(CO)Nc1ccccc1NCC(F)(F)F. The van der Waals surface area contributed by atoms with E-state index in [0.29, 0.717) is 0 Å². The summed E-state index contributed by atoms with van der Waals surface area (Å²) in [6, 6.07) is 5.93. The number of anilines is 2. The van der Waals surface area contributed by atoms with E-state index in [4.69, 9.17) is 5.11 Å². The lowest BCUT2D eigenvalue weighted by molar-refractivity contribution is -0.118. The molecule has 4 nitrogen and oxygen atoms in total. The molecule has 0 spiro atoms. The third-order valence-corrected chi connectivity index (χ3v) is 1.82. The standard InChI is InChI=1S/C10H11F3N2O2/c11-10(12,13)6-14-7-3-1-2-4-8(7)15-9(17)5-16/h1-4,14,16H,5-6H2,(H,15,17). The van der Waals surface area contributed by atoms with Crippen molar-refractivity contribution < 1.29 is 23.1 Å². The van der Waals surface area contributed by atoms with Gasteiger partial charge in [-0.05, 0) is 12.1 Å². The molecule has 94 valence electrons. The van der Waals surface area contributed by atoms with E-state index >= 15 is 0 Å². The molecule has 0 aliphatic carbocycles. The highest BCUT2D eigenvalue weighted by Crippen LogP contribution is 2.23. The monoisotopic (exact) mass is 248 g/mol. The van der Waals surface area contributed by atoms with Crippen LogP contribution in [0.1, 0.15) is 0 Å². The van der Waals surface area contributed by atoms with Crippen molar-refractivity contribution in [2.45, 2.75) is 6.18 Å². The van der Waals surface area contributed by atoms with E-state index in [9.17, 15) is 18.0 Å². The second-order valence-electron chi connectivity index (χ2n) is 3.22. The largest absolute Gasteiger partial charge is 0.405 e. The lowest BCUT2D eigenvalue weighted by atomic mass is 10.2. The molecule has 0 aliphatic rings. The van der Waals surface area contributed by atoms with Crippen LogP contribution in [-0.2, 0) is 4.79 Å². The van der Waals surface area contributed by atoms with Crippen molar-refractivity contribution in [3.63, 3.8) is 0 Å². The lowest BCUT2D eigenvalue weighted by Crippen LogP contribution is -2.23. The van der Waals surface area contributed by atoms with Crippen molar-refractivity contribution in [1.29, 1.82) is 0 Å². The summed E-state index contributed by atoms with van der Waals surface area (Å²) in [5.74, 6) is -0.689. The molecule has 1 aromatic carbocycles. The van der Waals surface area contributed by atoms with E-state index in [1.54, 1.807) is 6.07 Å². The number of rotatable bonds is 4. The summed E-state index contributed by atoms with van der Waals surface area (Å²) in [7, 11) is 0. The number of hydrogen-bond acceptors (Lipinski definition) is 3. The van der Waals surface area contributed by atoms with E-state index in [1.165, 1.54) is 18.2 Å². The van der Waals surface area contributed by atoms with Gasteiger partial charge >= 0.3 is 6.18 Å². The molecule has 1 rings (SSSR count). The number of alkyl halides is 3. The van der Waals surface area contributed by atoms with Crippen molar-refractivity contribution in [2.24, 2.45) is 0 Å². The Labute approximate surface area is 95.4 Å². The summed E-state index contributed by atoms with van der Waals surface area (Å²) in [6.07, 6.45) is -4.34. The lowest BCUT2D eigenvalue weighted by Gasteiger charge is -2.13. The highest BCUT2D eigenvalue weighted by atomic mass is 19.4. The van der Waals surface area contributed by atoms with Crippen LogP contribution >= 0.6 is 0 Å². The number of benzene rings is 1. The number of aliphatic hydroxyl groups excluding tert-OH is 1. The number of carbonyl (C=O) groups excluding carboxylic acids is 1. The number of aliphatic hydroxyl groups is 1. The van der Waals surface area contributed by atoms with Gasteiger partial charge in [-0.15, -0.1) is 0 Å². The molecular formula is C10H11F3N2O2. The average molecular weight is 248 g/mol. The van der Waals surface area contributed by atoms with Crippen molar-refractivity contribution in [3.05, 3.63) is 24.3 Å². The Balaban J connectivity index is 2.74. The maximum absolute atomic E-state index is 12.0. The quantitative estimate of drug-likeness (QED) is 0.758. The predicted molar refractivity (Wildman–Crippen MR) is 56.7 cm³/mol. The van der Waals surface area contributed by atoms with E-state index < -0.39 is 25.2 Å². The smallest absolute Gasteiger partial charge is 0.387 e. The van der Waals surface area contributed by atoms with Gasteiger partial charge in [-0.3, -0.25) is 4.79 Å². The van der Waals surface area contributed by atoms with Crippen LogP contribution in [0.15, 0.2) is 24.3 Å². The second kappa shape index (κ2) is 5.53. The Kier molecular flexibility index (Phi) is 4.33. The fourth-order valence-corrected chi connectivity index (χ4v) is 1.13. The molecule has 3 N–H and O–H groups in total. The Morgan fingerprint density at radius 2 is 1.82 bits per heavy atom. The van der Waals surface area contributed by atoms with Crippen molar-refractivity contribution in [2.75, 3.05) is 23.8 Å². The minimum absolute atomic E-state index is 0.145. The van der Waals surface area contributed by atoms with Crippen LogP contribution in [0.25, 0.3) is 0 Å². The predicted octanol–water partition coefficient (Wildman–Crippen LogP) is 1.59. The Morgan fingerprint density at radius 3 is 2.35 bits per heavy atom. The summed E-state index contributed by atoms with van der Waals surface area (Å²) in [6.45, 7) is -1.92. The number of carbonyl (C=O) groups is 1. The van der Waals surface area contributed by atoms with E-state index in [0.717, 1.165) is 0 Å². The first-order chi connectivity index (χ1) is 7.92. The molecule has 0 unspecified atom stereocenters. The number of para-hydroxylation sites is 2. The van der Waals surface area contributed by atoms with Crippen molar-refractivity contribution in [3.8, 4) is 0 Å². The van der Waals surface area contributed by atoms with Gasteiger partial charge in [0, 0.05) is 0 Å². The molecule has 0 atom stereocenters. The molecule has 0 heterocycles. The topological polar surface area (TPSA) is 61.4 Å². The van der Waals surface area contributed by atoms with Crippen LogP contribution in [0.2, 0.25) is 0 Å². The fourth-order valence-electron chi connectivity index (χ4n) is 1.13. The molecule has 17 heavy (non-hydrogen) atoms. The first-order valence-electron chi connectivity index (χ1n) is 4.73. The number of halogens is 3. The van der Waals surface area contributed by atoms with Crippen LogP contribution in [0, 0.1) is 0 Å². The van der Waals surface area contributed by atoms with Crippen LogP contribution in [0.3, 0.4) is 0 Å². The van der Waals surface area contributed by atoms with Gasteiger partial charge in [0.1, 0.15) is 13.2 Å². The van der Waals surface area contributed by atoms with Gasteiger partial charge in [-0.2, -0.15) is 13.2 Å². The van der Waals surface area contributed by atoms with E-state index in [-0.39, 0.29) is 11.4 Å². The van der Waals surface area contributed by atoms with Gasteiger partial charge in [0.2, 0.25) is 5.91 Å². The van der Waals surface area contributed by atoms with Crippen molar-refractivity contribution >= 4 is 17.3 Å². The highest BCUT2D eigenvalue weighted by molar-refractivity contribution is 5.94. The zero-order chi connectivity index (χ0) is 12.9. The van der Waals surface area contributed by atoms with Crippen LogP contribution < -0.4 is 10.6 Å². The number of nitrogens with one attached hydrogen (secondary N) is 2. The molecule has 0 radical (unpaired) electrons. The summed E-state index contributed by atoms with van der Waals surface area (Å²) in [5, 5.41) is 13.0. The third-order valence-electron chi connectivity index (χ3n) is 1.82.